The first-order valence-corrected chi connectivity index (χ1v) is 9.02. The maximum Gasteiger partial charge on any atom is 0.360 e. The number of hydrogen-bond acceptors (Lipinski definition) is 7. The second kappa shape index (κ2) is 7.54. The molecule has 3 atom stereocenters. The van der Waals surface area contributed by atoms with Gasteiger partial charge in [-0.2, -0.15) is 0 Å². The van der Waals surface area contributed by atoms with Gasteiger partial charge in [-0.15, -0.1) is 0 Å². The summed E-state index contributed by atoms with van der Waals surface area (Å²) in [6, 6.07) is 5.03. The summed E-state index contributed by atoms with van der Waals surface area (Å²) >= 11 is 0. The Labute approximate surface area is 162 Å². The number of benzene rings is 1. The minimum absolute atomic E-state index is 0.0826. The SMILES string of the molecule is CO[C@@H]1C(O)C[C@H](Oc2ccc3cc(NC(C)=O)c(=O)oc3c2C)OC1(C)C. The minimum atomic E-state index is -0.738. The van der Waals surface area contributed by atoms with Crippen molar-refractivity contribution < 1.29 is 28.5 Å². The van der Waals surface area contributed by atoms with Gasteiger partial charge in [0, 0.05) is 31.4 Å². The zero-order valence-corrected chi connectivity index (χ0v) is 16.6. The molecular weight excluding hydrogens is 366 g/mol. The van der Waals surface area contributed by atoms with E-state index in [0.29, 0.717) is 22.3 Å². The summed E-state index contributed by atoms with van der Waals surface area (Å²) in [5.41, 5.74) is -0.312. The van der Waals surface area contributed by atoms with E-state index in [9.17, 15) is 14.7 Å². The number of rotatable bonds is 4. The molecule has 1 amide bonds. The highest BCUT2D eigenvalue weighted by atomic mass is 16.7. The van der Waals surface area contributed by atoms with Gasteiger partial charge in [0.25, 0.3) is 0 Å². The van der Waals surface area contributed by atoms with Gasteiger partial charge >= 0.3 is 5.63 Å². The number of nitrogens with one attached hydrogen (secondary N) is 1. The molecule has 2 N–H and O–H groups in total. The summed E-state index contributed by atoms with van der Waals surface area (Å²) in [5.74, 6) is 0.125. The molecule has 1 aliphatic heterocycles. The van der Waals surface area contributed by atoms with Crippen molar-refractivity contribution in [1.82, 2.24) is 0 Å². The van der Waals surface area contributed by atoms with Crippen LogP contribution in [-0.2, 0) is 14.3 Å². The average Bonchev–Trinajstić information content (AvgIpc) is 2.57. The van der Waals surface area contributed by atoms with Crippen LogP contribution in [0.15, 0.2) is 27.4 Å². The molecule has 0 aliphatic carbocycles. The second-order valence-corrected chi connectivity index (χ2v) is 7.46. The highest BCUT2D eigenvalue weighted by Crippen LogP contribution is 2.34. The molecule has 8 nitrogen and oxygen atoms in total. The summed E-state index contributed by atoms with van der Waals surface area (Å²) in [6.07, 6.45) is -1.64. The van der Waals surface area contributed by atoms with Crippen LogP contribution in [0.25, 0.3) is 11.0 Å². The van der Waals surface area contributed by atoms with Gasteiger partial charge in [0.2, 0.25) is 12.2 Å². The third-order valence-corrected chi connectivity index (χ3v) is 4.83. The number of ether oxygens (including phenoxy) is 3. The molecule has 152 valence electrons. The van der Waals surface area contributed by atoms with Crippen molar-refractivity contribution in [3.63, 3.8) is 0 Å². The van der Waals surface area contributed by atoms with Crippen LogP contribution in [0.1, 0.15) is 32.8 Å². The Morgan fingerprint density at radius 1 is 1.36 bits per heavy atom. The summed E-state index contributed by atoms with van der Waals surface area (Å²) in [6.45, 7) is 6.74. The number of fused-ring (bicyclic) bond motifs is 1. The first-order chi connectivity index (χ1) is 13.1. The van der Waals surface area contributed by atoms with E-state index in [1.54, 1.807) is 25.1 Å². The van der Waals surface area contributed by atoms with Gasteiger partial charge in [-0.25, -0.2) is 4.79 Å². The van der Waals surface area contributed by atoms with Crippen molar-refractivity contribution in [2.24, 2.45) is 0 Å². The van der Waals surface area contributed by atoms with E-state index in [4.69, 9.17) is 18.6 Å². The van der Waals surface area contributed by atoms with Crippen molar-refractivity contribution in [1.29, 1.82) is 0 Å². The van der Waals surface area contributed by atoms with Crippen LogP contribution in [0.4, 0.5) is 5.69 Å². The summed E-state index contributed by atoms with van der Waals surface area (Å²) < 4.78 is 22.6. The number of methoxy groups -OCH3 is 1. The molecule has 1 unspecified atom stereocenters. The second-order valence-electron chi connectivity index (χ2n) is 7.46. The maximum atomic E-state index is 12.1. The molecule has 1 fully saturated rings. The van der Waals surface area contributed by atoms with Gasteiger partial charge in [-0.05, 0) is 39.0 Å². The molecule has 2 heterocycles. The lowest BCUT2D eigenvalue weighted by Gasteiger charge is -2.44. The smallest absolute Gasteiger partial charge is 0.360 e. The molecule has 1 saturated heterocycles. The van der Waals surface area contributed by atoms with E-state index < -0.39 is 29.7 Å². The predicted molar refractivity (Wildman–Crippen MR) is 103 cm³/mol. The Kier molecular flexibility index (Phi) is 5.47. The molecule has 2 aromatic rings. The van der Waals surface area contributed by atoms with Crippen LogP contribution in [0.2, 0.25) is 0 Å². The van der Waals surface area contributed by atoms with Gasteiger partial charge in [-0.1, -0.05) is 0 Å². The molecule has 0 radical (unpaired) electrons. The van der Waals surface area contributed by atoms with Gasteiger partial charge in [0.1, 0.15) is 23.1 Å². The highest BCUT2D eigenvalue weighted by Gasteiger charge is 2.44. The van der Waals surface area contributed by atoms with Gasteiger partial charge in [-0.3, -0.25) is 4.79 Å². The van der Waals surface area contributed by atoms with Crippen LogP contribution in [0.3, 0.4) is 0 Å². The molecule has 0 saturated carbocycles. The molecule has 0 spiro atoms. The Bertz CT molecular complexity index is 949. The highest BCUT2D eigenvalue weighted by molar-refractivity contribution is 5.91. The van der Waals surface area contributed by atoms with Gasteiger partial charge < -0.3 is 29.1 Å². The monoisotopic (exact) mass is 391 g/mol. The number of aliphatic hydroxyl groups excluding tert-OH is 1. The molecule has 8 heteroatoms. The molecule has 1 aromatic heterocycles. The van der Waals surface area contributed by atoms with Gasteiger partial charge in [0.05, 0.1) is 11.7 Å². The van der Waals surface area contributed by atoms with Crippen molar-refractivity contribution in [2.45, 2.75) is 58.2 Å². The van der Waals surface area contributed by atoms with E-state index >= 15 is 0 Å². The van der Waals surface area contributed by atoms with Crippen molar-refractivity contribution in [3.05, 3.63) is 34.2 Å². The van der Waals surface area contributed by atoms with Crippen LogP contribution in [0.5, 0.6) is 5.75 Å². The maximum absolute atomic E-state index is 12.1. The minimum Gasteiger partial charge on any atom is -0.464 e. The number of carbonyl (C=O) groups is 1. The van der Waals surface area contributed by atoms with Crippen LogP contribution in [-0.4, -0.2) is 42.2 Å². The number of aliphatic hydroxyl groups is 1. The van der Waals surface area contributed by atoms with Crippen LogP contribution in [0, 0.1) is 6.92 Å². The number of hydrogen-bond donors (Lipinski definition) is 2. The number of carbonyl (C=O) groups excluding carboxylic acids is 1. The predicted octanol–water partition coefficient (Wildman–Crippen LogP) is 2.34. The van der Waals surface area contributed by atoms with E-state index in [2.05, 4.69) is 5.32 Å². The fourth-order valence-corrected chi connectivity index (χ4v) is 3.60. The van der Waals surface area contributed by atoms with E-state index in [1.807, 2.05) is 13.8 Å². The van der Waals surface area contributed by atoms with Crippen molar-refractivity contribution in [2.75, 3.05) is 12.4 Å². The molecule has 1 aliphatic rings. The first-order valence-electron chi connectivity index (χ1n) is 9.02. The van der Waals surface area contributed by atoms with Gasteiger partial charge in [0.15, 0.2) is 0 Å². The number of amides is 1. The zero-order chi connectivity index (χ0) is 20.6. The Balaban J connectivity index is 1.89. The molecule has 1 aromatic carbocycles. The Morgan fingerprint density at radius 3 is 2.68 bits per heavy atom. The molecule has 3 rings (SSSR count). The lowest BCUT2D eigenvalue weighted by molar-refractivity contribution is -0.264. The molecular formula is C20H25NO7. The van der Waals surface area contributed by atoms with Crippen LogP contribution >= 0.6 is 0 Å². The first kappa shape index (κ1) is 20.3. The number of aryl methyl sites for hydroxylation is 1. The lowest BCUT2D eigenvalue weighted by Crippen LogP contribution is -2.56. The quantitative estimate of drug-likeness (QED) is 0.770. The number of anilines is 1. The molecule has 28 heavy (non-hydrogen) atoms. The fourth-order valence-electron chi connectivity index (χ4n) is 3.60. The summed E-state index contributed by atoms with van der Waals surface area (Å²) in [4.78, 5) is 23.3. The third kappa shape index (κ3) is 3.89. The lowest BCUT2D eigenvalue weighted by atomic mass is 9.91. The topological polar surface area (TPSA) is 107 Å². The van der Waals surface area contributed by atoms with Crippen molar-refractivity contribution in [3.8, 4) is 5.75 Å². The summed E-state index contributed by atoms with van der Waals surface area (Å²) in [5, 5.41) is 13.5. The van der Waals surface area contributed by atoms with E-state index in [1.165, 1.54) is 14.0 Å². The normalized spacial score (nSPS) is 24.1. The fraction of sp³-hybridized carbons (Fsp3) is 0.500. The zero-order valence-electron chi connectivity index (χ0n) is 16.6. The third-order valence-electron chi connectivity index (χ3n) is 4.83. The standard InChI is InChI=1S/C20H25NO7/c1-10-15(26-16-9-14(23)18(25-5)20(3,4)28-16)7-6-12-8-13(21-11(2)22)19(24)27-17(10)12/h6-8,14,16,18,23H,9H2,1-5H3,(H,21,22)/t14?,16-,18-/m1/s1. The Morgan fingerprint density at radius 2 is 2.07 bits per heavy atom. The average molecular weight is 391 g/mol. The summed E-state index contributed by atoms with van der Waals surface area (Å²) in [7, 11) is 1.53. The van der Waals surface area contributed by atoms with E-state index in [0.717, 1.165) is 0 Å². The molecule has 0 bridgehead atoms. The largest absolute Gasteiger partial charge is 0.464 e. The van der Waals surface area contributed by atoms with E-state index in [-0.39, 0.29) is 18.0 Å². The van der Waals surface area contributed by atoms with Crippen molar-refractivity contribution >= 4 is 22.6 Å². The van der Waals surface area contributed by atoms with Crippen LogP contribution < -0.4 is 15.7 Å². The Hall–Kier alpha value is -2.42.